The van der Waals surface area contributed by atoms with Crippen LogP contribution in [0.25, 0.3) is 0 Å². The molecule has 2 aliphatic heterocycles. The molecule has 2 aliphatic rings. The van der Waals surface area contributed by atoms with E-state index >= 15 is 0 Å². The van der Waals surface area contributed by atoms with Gasteiger partial charge in [-0.1, -0.05) is 12.1 Å². The maximum Gasteiger partial charge on any atom is 0.246 e. The number of amides is 1. The van der Waals surface area contributed by atoms with Crippen molar-refractivity contribution in [1.29, 1.82) is 0 Å². The molecule has 0 spiro atoms. The number of ether oxygens (including phenoxy) is 1. The molecule has 1 atom stereocenters. The van der Waals surface area contributed by atoms with Gasteiger partial charge >= 0.3 is 0 Å². The van der Waals surface area contributed by atoms with Crippen molar-refractivity contribution in [3.05, 3.63) is 48.5 Å². The first-order valence-corrected chi connectivity index (χ1v) is 13.0. The number of para-hydroxylation sites is 2. The van der Waals surface area contributed by atoms with Gasteiger partial charge in [0, 0.05) is 31.9 Å². The van der Waals surface area contributed by atoms with E-state index in [2.05, 4.69) is 21.6 Å². The molecule has 1 amide bonds. The summed E-state index contributed by atoms with van der Waals surface area (Å²) in [5, 5.41) is 6.21. The molecular weight excluding hydrogens is 440 g/mol. The van der Waals surface area contributed by atoms with Crippen LogP contribution < -0.4 is 15.5 Å². The van der Waals surface area contributed by atoms with Gasteiger partial charge in [-0.25, -0.2) is 8.42 Å². The van der Waals surface area contributed by atoms with Gasteiger partial charge in [-0.15, -0.1) is 0 Å². The topological polar surface area (TPSA) is 91.0 Å². The summed E-state index contributed by atoms with van der Waals surface area (Å²) in [6.07, 6.45) is 3.63. The zero-order valence-corrected chi connectivity index (χ0v) is 19.8. The third-order valence-corrected chi connectivity index (χ3v) is 8.01. The number of carbonyl (C=O) groups excluding carboxylic acids is 1. The normalized spacial score (nSPS) is 18.5. The molecule has 33 heavy (non-hydrogen) atoms. The Labute approximate surface area is 196 Å². The highest BCUT2D eigenvalue weighted by molar-refractivity contribution is 7.89. The summed E-state index contributed by atoms with van der Waals surface area (Å²) in [5.74, 6) is -0.188. The number of anilines is 3. The molecular formula is C24H32N4O4S. The van der Waals surface area contributed by atoms with Crippen molar-refractivity contribution >= 4 is 33.0 Å². The van der Waals surface area contributed by atoms with Gasteiger partial charge in [-0.2, -0.15) is 4.31 Å². The van der Waals surface area contributed by atoms with E-state index in [0.717, 1.165) is 24.5 Å². The molecule has 4 rings (SSSR count). The molecule has 0 bridgehead atoms. The molecule has 0 aromatic heterocycles. The van der Waals surface area contributed by atoms with Gasteiger partial charge in [0.05, 0.1) is 29.5 Å². The van der Waals surface area contributed by atoms with Gasteiger partial charge < -0.3 is 20.3 Å². The fraction of sp³-hybridized carbons (Fsp3) is 0.458. The average Bonchev–Trinajstić information content (AvgIpc) is 2.86. The number of carbonyl (C=O) groups is 1. The maximum atomic E-state index is 12.8. The Hall–Kier alpha value is -2.62. The van der Waals surface area contributed by atoms with Gasteiger partial charge in [0.25, 0.3) is 0 Å². The van der Waals surface area contributed by atoms with Crippen molar-refractivity contribution in [2.75, 3.05) is 54.9 Å². The molecule has 9 heteroatoms. The largest absolute Gasteiger partial charge is 0.379 e. The van der Waals surface area contributed by atoms with Gasteiger partial charge in [0.15, 0.2) is 0 Å². The zero-order chi connectivity index (χ0) is 23.3. The van der Waals surface area contributed by atoms with Crippen LogP contribution in [0.5, 0.6) is 0 Å². The van der Waals surface area contributed by atoms with Crippen molar-refractivity contribution in [2.45, 2.75) is 37.1 Å². The number of morpholine rings is 1. The highest BCUT2D eigenvalue weighted by atomic mass is 32.2. The quantitative estimate of drug-likeness (QED) is 0.643. The number of rotatable bonds is 7. The number of hydrogen-bond donors (Lipinski definition) is 2. The lowest BCUT2D eigenvalue weighted by Crippen LogP contribution is -2.40. The zero-order valence-electron chi connectivity index (χ0n) is 19.0. The molecule has 178 valence electrons. The number of benzene rings is 2. The van der Waals surface area contributed by atoms with Gasteiger partial charge in [-0.05, 0) is 62.6 Å². The second-order valence-electron chi connectivity index (χ2n) is 8.46. The number of sulfonamides is 1. The van der Waals surface area contributed by atoms with Crippen LogP contribution in [0.3, 0.4) is 0 Å². The molecule has 2 heterocycles. The smallest absolute Gasteiger partial charge is 0.246 e. The van der Waals surface area contributed by atoms with Gasteiger partial charge in [-0.3, -0.25) is 4.79 Å². The van der Waals surface area contributed by atoms with Crippen molar-refractivity contribution in [3.8, 4) is 0 Å². The van der Waals surface area contributed by atoms with Crippen molar-refractivity contribution in [1.82, 2.24) is 4.31 Å². The lowest BCUT2D eigenvalue weighted by molar-refractivity contribution is -0.116. The van der Waals surface area contributed by atoms with E-state index in [-0.39, 0.29) is 10.8 Å². The standard InChI is InChI=1S/C24H32N4O4S/c1-19(25-22-7-3-4-8-23(22)27-13-5-2-6-14-27)24(29)26-20-9-11-21(12-10-20)33(30,31)28-15-17-32-18-16-28/h3-4,7-12,19,25H,2,5-6,13-18H2,1H3,(H,26,29)/t19-/m0/s1. The second-order valence-corrected chi connectivity index (χ2v) is 10.4. The molecule has 8 nitrogen and oxygen atoms in total. The maximum absolute atomic E-state index is 12.8. The highest BCUT2D eigenvalue weighted by Crippen LogP contribution is 2.29. The van der Waals surface area contributed by atoms with Crippen molar-refractivity contribution < 1.29 is 17.9 Å². The predicted octanol–water partition coefficient (Wildman–Crippen LogP) is 3.14. The molecule has 0 aliphatic carbocycles. The molecule has 2 N–H and O–H groups in total. The Bertz CT molecular complexity index is 1050. The van der Waals surface area contributed by atoms with Crippen molar-refractivity contribution in [3.63, 3.8) is 0 Å². The van der Waals surface area contributed by atoms with Crippen molar-refractivity contribution in [2.24, 2.45) is 0 Å². The molecule has 0 radical (unpaired) electrons. The molecule has 2 aromatic rings. The third kappa shape index (κ3) is 5.66. The SMILES string of the molecule is C[C@H](Nc1ccccc1N1CCCCC1)C(=O)Nc1ccc(S(=O)(=O)N2CCOCC2)cc1. The van der Waals surface area contributed by atoms with E-state index < -0.39 is 16.1 Å². The summed E-state index contributed by atoms with van der Waals surface area (Å²) in [4.78, 5) is 15.4. The van der Waals surface area contributed by atoms with Crippen LogP contribution in [0, 0.1) is 0 Å². The summed E-state index contributed by atoms with van der Waals surface area (Å²) in [6.45, 7) is 5.38. The lowest BCUT2D eigenvalue weighted by Gasteiger charge is -2.31. The van der Waals surface area contributed by atoms with Gasteiger partial charge in [0.1, 0.15) is 6.04 Å². The molecule has 2 aromatic carbocycles. The number of piperidine rings is 1. The Kier molecular flexibility index (Phi) is 7.52. The Morgan fingerprint density at radius 2 is 1.61 bits per heavy atom. The second kappa shape index (κ2) is 10.5. The molecule has 2 saturated heterocycles. The number of nitrogens with zero attached hydrogens (tertiary/aromatic N) is 2. The summed E-state index contributed by atoms with van der Waals surface area (Å²) in [5.41, 5.74) is 2.61. The monoisotopic (exact) mass is 472 g/mol. The van der Waals surface area contributed by atoms with Crippen LogP contribution >= 0.6 is 0 Å². The first-order valence-electron chi connectivity index (χ1n) is 11.5. The van der Waals surface area contributed by atoms with Crippen LogP contribution in [0.4, 0.5) is 17.1 Å². The molecule has 0 saturated carbocycles. The first-order chi connectivity index (χ1) is 15.9. The third-order valence-electron chi connectivity index (χ3n) is 6.10. The van der Waals surface area contributed by atoms with Gasteiger partial charge in [0.2, 0.25) is 15.9 Å². The van der Waals surface area contributed by atoms with Crippen LogP contribution in [-0.2, 0) is 19.6 Å². The van der Waals surface area contributed by atoms with Crippen LogP contribution in [-0.4, -0.2) is 64.1 Å². The summed E-state index contributed by atoms with van der Waals surface area (Å²) in [7, 11) is -3.56. The number of nitrogens with one attached hydrogen (secondary N) is 2. The minimum absolute atomic E-state index is 0.188. The van der Waals surface area contributed by atoms with E-state index in [1.807, 2.05) is 25.1 Å². The fourth-order valence-corrected chi connectivity index (χ4v) is 5.61. The lowest BCUT2D eigenvalue weighted by atomic mass is 10.1. The molecule has 2 fully saturated rings. The van der Waals surface area contributed by atoms with Crippen LogP contribution in [0.15, 0.2) is 53.4 Å². The first kappa shape index (κ1) is 23.5. The fourth-order valence-electron chi connectivity index (χ4n) is 4.20. The summed E-state index contributed by atoms with van der Waals surface area (Å²) >= 11 is 0. The molecule has 0 unspecified atom stereocenters. The summed E-state index contributed by atoms with van der Waals surface area (Å²) in [6, 6.07) is 13.9. The van der Waals surface area contributed by atoms with E-state index in [0.29, 0.717) is 32.0 Å². The average molecular weight is 473 g/mol. The van der Waals surface area contributed by atoms with E-state index in [9.17, 15) is 13.2 Å². The Morgan fingerprint density at radius 1 is 0.939 bits per heavy atom. The van der Waals surface area contributed by atoms with E-state index in [4.69, 9.17) is 4.74 Å². The minimum atomic E-state index is -3.56. The van der Waals surface area contributed by atoms with Crippen LogP contribution in [0.2, 0.25) is 0 Å². The van der Waals surface area contributed by atoms with E-state index in [1.165, 1.54) is 35.7 Å². The highest BCUT2D eigenvalue weighted by Gasteiger charge is 2.26. The Morgan fingerprint density at radius 3 is 2.30 bits per heavy atom. The van der Waals surface area contributed by atoms with Crippen LogP contribution in [0.1, 0.15) is 26.2 Å². The van der Waals surface area contributed by atoms with E-state index in [1.54, 1.807) is 12.1 Å². The minimum Gasteiger partial charge on any atom is -0.379 e. The summed E-state index contributed by atoms with van der Waals surface area (Å²) < 4.78 is 32.2. The number of hydrogen-bond acceptors (Lipinski definition) is 6. The predicted molar refractivity (Wildman–Crippen MR) is 130 cm³/mol. The Balaban J connectivity index is 1.38.